The average Bonchev–Trinajstić information content (AvgIpc) is 3.12. The van der Waals surface area contributed by atoms with Crippen LogP contribution in [-0.2, 0) is 9.59 Å². The van der Waals surface area contributed by atoms with Gasteiger partial charge in [-0.25, -0.2) is 0 Å². The third-order valence-corrected chi connectivity index (χ3v) is 6.28. The molecule has 0 spiro atoms. The van der Waals surface area contributed by atoms with E-state index in [4.69, 9.17) is 0 Å². The number of nitrogens with one attached hydrogen (secondary N) is 3. The van der Waals surface area contributed by atoms with Gasteiger partial charge >= 0.3 is 0 Å². The number of imide groups is 2. The Balaban J connectivity index is 1.36. The van der Waals surface area contributed by atoms with E-state index in [2.05, 4.69) is 16.0 Å². The lowest BCUT2D eigenvalue weighted by Gasteiger charge is -2.30. The van der Waals surface area contributed by atoms with Crippen molar-refractivity contribution < 1.29 is 19.2 Å². The van der Waals surface area contributed by atoms with Gasteiger partial charge in [-0.3, -0.25) is 29.4 Å². The molecule has 1 aromatic rings. The van der Waals surface area contributed by atoms with Crippen LogP contribution in [0.4, 0.5) is 5.69 Å². The molecule has 0 radical (unpaired) electrons. The molecule has 4 atom stereocenters. The van der Waals surface area contributed by atoms with Gasteiger partial charge in [-0.1, -0.05) is 0 Å². The fourth-order valence-corrected chi connectivity index (χ4v) is 4.97. The Hall–Kier alpha value is -2.74. The van der Waals surface area contributed by atoms with Gasteiger partial charge in [0.2, 0.25) is 11.8 Å². The van der Waals surface area contributed by atoms with Crippen molar-refractivity contribution in [3.8, 4) is 0 Å². The highest BCUT2D eigenvalue weighted by Crippen LogP contribution is 2.32. The van der Waals surface area contributed by atoms with Crippen LogP contribution in [0, 0.1) is 0 Å². The molecule has 5 rings (SSSR count). The maximum absolute atomic E-state index is 12.9. The van der Waals surface area contributed by atoms with Crippen molar-refractivity contribution in [2.75, 3.05) is 5.32 Å². The molecule has 3 saturated heterocycles. The second-order valence-electron chi connectivity index (χ2n) is 8.16. The van der Waals surface area contributed by atoms with Crippen molar-refractivity contribution in [3.63, 3.8) is 0 Å². The molecule has 2 unspecified atom stereocenters. The molecular formula is C20H22N4O4. The summed E-state index contributed by atoms with van der Waals surface area (Å²) >= 11 is 0. The van der Waals surface area contributed by atoms with E-state index >= 15 is 0 Å². The van der Waals surface area contributed by atoms with E-state index in [0.717, 1.165) is 23.4 Å². The number of rotatable bonds is 3. The lowest BCUT2D eigenvalue weighted by atomic mass is 9.99. The minimum Gasteiger partial charge on any atom is -0.382 e. The number of carbonyl (C=O) groups is 4. The maximum Gasteiger partial charge on any atom is 0.262 e. The van der Waals surface area contributed by atoms with Crippen LogP contribution in [0.5, 0.6) is 0 Å². The number of hydrogen-bond acceptors (Lipinski definition) is 6. The van der Waals surface area contributed by atoms with Gasteiger partial charge in [0, 0.05) is 30.2 Å². The Morgan fingerprint density at radius 2 is 1.64 bits per heavy atom. The number of amides is 4. The number of nitrogens with zero attached hydrogens (tertiary/aromatic N) is 1. The fraction of sp³-hybridized carbons (Fsp3) is 0.500. The summed E-state index contributed by atoms with van der Waals surface area (Å²) < 4.78 is 0. The quantitative estimate of drug-likeness (QED) is 0.667. The largest absolute Gasteiger partial charge is 0.382 e. The molecule has 1 aromatic carbocycles. The third kappa shape index (κ3) is 2.79. The van der Waals surface area contributed by atoms with E-state index in [1.54, 1.807) is 12.1 Å². The molecule has 0 aromatic heterocycles. The van der Waals surface area contributed by atoms with E-state index < -0.39 is 23.8 Å². The number of fused-ring (bicyclic) bond motifs is 3. The highest BCUT2D eigenvalue weighted by Gasteiger charge is 2.44. The molecule has 28 heavy (non-hydrogen) atoms. The van der Waals surface area contributed by atoms with Gasteiger partial charge in [-0.15, -0.1) is 0 Å². The molecule has 0 saturated carbocycles. The van der Waals surface area contributed by atoms with Crippen LogP contribution in [-0.4, -0.2) is 52.7 Å². The standard InChI is InChI=1S/C20H22N4O4/c25-17-6-5-16(18(26)23-17)24-19(27)14-4-3-12(9-15(14)20(24)28)22-13-7-10-1-2-11(8-13)21-10/h3-4,9-11,13,16,21-22H,1-2,5-8H2,(H,23,25,26)/t10-,11+,13?,16?. The lowest BCUT2D eigenvalue weighted by Crippen LogP contribution is -2.54. The van der Waals surface area contributed by atoms with Gasteiger partial charge < -0.3 is 10.6 Å². The zero-order chi connectivity index (χ0) is 19.4. The first-order chi connectivity index (χ1) is 13.5. The van der Waals surface area contributed by atoms with Gasteiger partial charge in [-0.2, -0.15) is 0 Å². The minimum atomic E-state index is -0.929. The van der Waals surface area contributed by atoms with Crippen molar-refractivity contribution in [2.45, 2.75) is 62.7 Å². The fourth-order valence-electron chi connectivity index (χ4n) is 4.97. The molecule has 146 valence electrons. The van der Waals surface area contributed by atoms with Crippen molar-refractivity contribution in [2.24, 2.45) is 0 Å². The summed E-state index contributed by atoms with van der Waals surface area (Å²) in [6.07, 6.45) is 4.79. The summed E-state index contributed by atoms with van der Waals surface area (Å²) in [7, 11) is 0. The van der Waals surface area contributed by atoms with Crippen molar-refractivity contribution >= 4 is 29.3 Å². The summed E-state index contributed by atoms with van der Waals surface area (Å²) in [6, 6.07) is 5.71. The Bertz CT molecular complexity index is 886. The highest BCUT2D eigenvalue weighted by atomic mass is 16.2. The summed E-state index contributed by atoms with van der Waals surface area (Å²) in [5.41, 5.74) is 1.44. The molecule has 0 aliphatic carbocycles. The first kappa shape index (κ1) is 17.4. The summed E-state index contributed by atoms with van der Waals surface area (Å²) in [6.45, 7) is 0. The van der Waals surface area contributed by atoms with Gasteiger partial charge in [0.25, 0.3) is 11.8 Å². The van der Waals surface area contributed by atoms with Gasteiger partial charge in [-0.05, 0) is 50.3 Å². The molecule has 4 amide bonds. The third-order valence-electron chi connectivity index (χ3n) is 6.28. The second kappa shape index (κ2) is 6.41. The average molecular weight is 382 g/mol. The summed E-state index contributed by atoms with van der Waals surface area (Å²) in [5, 5.41) is 9.32. The van der Waals surface area contributed by atoms with Crippen LogP contribution >= 0.6 is 0 Å². The van der Waals surface area contributed by atoms with Crippen LogP contribution in [0.1, 0.15) is 59.2 Å². The molecule has 3 N–H and O–H groups in total. The van der Waals surface area contributed by atoms with Crippen LogP contribution in [0.3, 0.4) is 0 Å². The second-order valence-corrected chi connectivity index (χ2v) is 8.16. The predicted octanol–water partition coefficient (Wildman–Crippen LogP) is 0.783. The van der Waals surface area contributed by atoms with E-state index in [1.807, 2.05) is 6.07 Å². The number of piperidine rings is 2. The number of hydrogen-bond donors (Lipinski definition) is 3. The van der Waals surface area contributed by atoms with Crippen LogP contribution < -0.4 is 16.0 Å². The summed E-state index contributed by atoms with van der Waals surface area (Å²) in [4.78, 5) is 50.1. The molecule has 4 heterocycles. The number of benzene rings is 1. The normalized spacial score (nSPS) is 31.8. The van der Waals surface area contributed by atoms with Gasteiger partial charge in [0.15, 0.2) is 0 Å². The van der Waals surface area contributed by atoms with Crippen molar-refractivity contribution in [1.82, 2.24) is 15.5 Å². The van der Waals surface area contributed by atoms with E-state index in [0.29, 0.717) is 29.3 Å². The van der Waals surface area contributed by atoms with Crippen molar-refractivity contribution in [1.29, 1.82) is 0 Å². The molecule has 3 fully saturated rings. The SMILES string of the molecule is O=C1CCC(N2C(=O)c3ccc(NC4C[C@H]5CC[C@@H](C4)N5)cc3C2=O)C(=O)N1. The Morgan fingerprint density at radius 1 is 0.929 bits per heavy atom. The van der Waals surface area contributed by atoms with Gasteiger partial charge in [0.05, 0.1) is 11.1 Å². The smallest absolute Gasteiger partial charge is 0.262 e. The molecule has 8 nitrogen and oxygen atoms in total. The Labute approximate surface area is 162 Å². The molecule has 2 bridgehead atoms. The Kier molecular flexibility index (Phi) is 3.97. The Morgan fingerprint density at radius 3 is 2.36 bits per heavy atom. The zero-order valence-electron chi connectivity index (χ0n) is 15.4. The zero-order valence-corrected chi connectivity index (χ0v) is 15.4. The first-order valence-electron chi connectivity index (χ1n) is 9.88. The molecular weight excluding hydrogens is 360 g/mol. The van der Waals surface area contributed by atoms with Gasteiger partial charge in [0.1, 0.15) is 6.04 Å². The summed E-state index contributed by atoms with van der Waals surface area (Å²) in [5.74, 6) is -1.90. The minimum absolute atomic E-state index is 0.120. The van der Waals surface area contributed by atoms with Crippen LogP contribution in [0.15, 0.2) is 18.2 Å². The van der Waals surface area contributed by atoms with E-state index in [1.165, 1.54) is 12.8 Å². The number of anilines is 1. The molecule has 4 aliphatic rings. The highest BCUT2D eigenvalue weighted by molar-refractivity contribution is 6.23. The monoisotopic (exact) mass is 382 g/mol. The first-order valence-corrected chi connectivity index (χ1v) is 9.88. The van der Waals surface area contributed by atoms with E-state index in [-0.39, 0.29) is 18.7 Å². The predicted molar refractivity (Wildman–Crippen MR) is 99.7 cm³/mol. The molecule has 8 heteroatoms. The maximum atomic E-state index is 12.9. The van der Waals surface area contributed by atoms with Crippen LogP contribution in [0.2, 0.25) is 0 Å². The van der Waals surface area contributed by atoms with Crippen LogP contribution in [0.25, 0.3) is 0 Å². The van der Waals surface area contributed by atoms with E-state index in [9.17, 15) is 19.2 Å². The molecule has 4 aliphatic heterocycles. The topological polar surface area (TPSA) is 108 Å². The lowest BCUT2D eigenvalue weighted by molar-refractivity contribution is -0.136. The van der Waals surface area contributed by atoms with Crippen molar-refractivity contribution in [3.05, 3.63) is 29.3 Å². The number of carbonyl (C=O) groups excluding carboxylic acids is 4.